The first-order chi connectivity index (χ1) is 10.4. The third-order valence-corrected chi connectivity index (χ3v) is 5.59. The van der Waals surface area contributed by atoms with Gasteiger partial charge in [0.05, 0.1) is 23.2 Å². The zero-order valence-corrected chi connectivity index (χ0v) is 13.0. The van der Waals surface area contributed by atoms with Gasteiger partial charge in [0.1, 0.15) is 0 Å². The number of para-hydroxylation sites is 2. The molecular weight excluding hydrogens is 304 g/mol. The van der Waals surface area contributed by atoms with E-state index < -0.39 is 10.0 Å². The zero-order valence-electron chi connectivity index (χ0n) is 12.1. The number of hydrogen-bond donors (Lipinski definition) is 0. The Kier molecular flexibility index (Phi) is 2.82. The molecule has 0 radical (unpaired) electrons. The van der Waals surface area contributed by atoms with E-state index in [-0.39, 0.29) is 24.9 Å². The molecule has 0 spiro atoms. The summed E-state index contributed by atoms with van der Waals surface area (Å²) in [6.45, 7) is 1.87. The smallest absolute Gasteiger partial charge is 0.235 e. The summed E-state index contributed by atoms with van der Waals surface area (Å²) >= 11 is 0. The summed E-state index contributed by atoms with van der Waals surface area (Å²) in [5.41, 5.74) is 1.90. The lowest BCUT2D eigenvalue weighted by Gasteiger charge is -2.37. The third-order valence-electron chi connectivity index (χ3n) is 4.36. The molecule has 3 heterocycles. The van der Waals surface area contributed by atoms with E-state index in [0.29, 0.717) is 12.5 Å². The van der Waals surface area contributed by atoms with E-state index >= 15 is 0 Å². The van der Waals surface area contributed by atoms with Gasteiger partial charge >= 0.3 is 0 Å². The second-order valence-electron chi connectivity index (χ2n) is 5.82. The molecule has 0 N–H and O–H groups in total. The van der Waals surface area contributed by atoms with Crippen LogP contribution in [0.4, 0.5) is 5.95 Å². The van der Waals surface area contributed by atoms with Crippen LogP contribution in [0, 0.1) is 5.92 Å². The van der Waals surface area contributed by atoms with Crippen molar-refractivity contribution < 1.29 is 13.2 Å². The first-order valence-corrected chi connectivity index (χ1v) is 9.02. The molecule has 0 aliphatic carbocycles. The average molecular weight is 320 g/mol. The molecule has 1 fully saturated rings. The van der Waals surface area contributed by atoms with Gasteiger partial charge in [0.25, 0.3) is 0 Å². The Hall–Kier alpha value is -1.93. The third kappa shape index (κ3) is 1.94. The number of hydrogen-bond acceptors (Lipinski definition) is 4. The molecule has 0 unspecified atom stereocenters. The van der Waals surface area contributed by atoms with Gasteiger partial charge in [0.15, 0.2) is 0 Å². The SMILES string of the molecule is CS(=O)(=O)N1CC(C(=O)N2CCn3c2nc2ccccc23)C1. The molecule has 7 nitrogen and oxygen atoms in total. The summed E-state index contributed by atoms with van der Waals surface area (Å²) in [5.74, 6) is 0.374. The average Bonchev–Trinajstić information content (AvgIpc) is 2.93. The van der Waals surface area contributed by atoms with Crippen molar-refractivity contribution in [2.24, 2.45) is 5.92 Å². The number of aromatic nitrogens is 2. The molecule has 8 heteroatoms. The van der Waals surface area contributed by atoms with E-state index in [0.717, 1.165) is 17.6 Å². The minimum absolute atomic E-state index is 0.0334. The molecule has 1 aromatic carbocycles. The number of carbonyl (C=O) groups is 1. The van der Waals surface area contributed by atoms with Crippen molar-refractivity contribution >= 4 is 32.9 Å². The molecule has 2 aliphatic rings. The van der Waals surface area contributed by atoms with Crippen LogP contribution in [0.2, 0.25) is 0 Å². The van der Waals surface area contributed by atoms with E-state index in [2.05, 4.69) is 4.98 Å². The number of imidazole rings is 1. The van der Waals surface area contributed by atoms with Gasteiger partial charge in [-0.05, 0) is 12.1 Å². The van der Waals surface area contributed by atoms with Gasteiger partial charge in [-0.1, -0.05) is 12.1 Å². The van der Waals surface area contributed by atoms with Gasteiger partial charge in [-0.15, -0.1) is 0 Å². The molecule has 2 aliphatic heterocycles. The second-order valence-corrected chi connectivity index (χ2v) is 7.80. The molecular formula is C14H16N4O3S. The summed E-state index contributed by atoms with van der Waals surface area (Å²) in [5, 5.41) is 0. The highest BCUT2D eigenvalue weighted by molar-refractivity contribution is 7.88. The van der Waals surface area contributed by atoms with Crippen LogP contribution in [-0.2, 0) is 21.4 Å². The maximum atomic E-state index is 12.6. The first-order valence-electron chi connectivity index (χ1n) is 7.17. The fraction of sp³-hybridized carbons (Fsp3) is 0.429. The summed E-state index contributed by atoms with van der Waals surface area (Å²) in [7, 11) is -3.20. The molecule has 2 aromatic rings. The van der Waals surface area contributed by atoms with Gasteiger partial charge in [0, 0.05) is 26.2 Å². The quantitative estimate of drug-likeness (QED) is 0.796. The number of benzene rings is 1. The van der Waals surface area contributed by atoms with E-state index in [4.69, 9.17) is 0 Å². The van der Waals surface area contributed by atoms with Gasteiger partial charge < -0.3 is 4.57 Å². The molecule has 0 atom stereocenters. The van der Waals surface area contributed by atoms with Gasteiger partial charge in [-0.25, -0.2) is 17.7 Å². The van der Waals surface area contributed by atoms with Crippen LogP contribution < -0.4 is 4.90 Å². The summed E-state index contributed by atoms with van der Waals surface area (Å²) in [6, 6.07) is 7.80. The van der Waals surface area contributed by atoms with E-state index in [1.165, 1.54) is 10.6 Å². The molecule has 0 saturated carbocycles. The Morgan fingerprint density at radius 3 is 2.68 bits per heavy atom. The predicted octanol–water partition coefficient (Wildman–Crippen LogP) is 0.274. The number of amides is 1. The lowest BCUT2D eigenvalue weighted by Crippen LogP contribution is -2.56. The van der Waals surface area contributed by atoms with Gasteiger partial charge in [0.2, 0.25) is 21.9 Å². The highest BCUT2D eigenvalue weighted by Gasteiger charge is 2.42. The highest BCUT2D eigenvalue weighted by Crippen LogP contribution is 2.30. The normalized spacial score (nSPS) is 19.4. The van der Waals surface area contributed by atoms with Gasteiger partial charge in [-0.2, -0.15) is 0 Å². The highest BCUT2D eigenvalue weighted by atomic mass is 32.2. The minimum Gasteiger partial charge on any atom is -0.308 e. The fourth-order valence-electron chi connectivity index (χ4n) is 3.08. The molecule has 116 valence electrons. The van der Waals surface area contributed by atoms with Crippen LogP contribution in [0.15, 0.2) is 24.3 Å². The molecule has 1 aromatic heterocycles. The Labute approximate surface area is 128 Å². The monoisotopic (exact) mass is 320 g/mol. The summed E-state index contributed by atoms with van der Waals surface area (Å²) < 4.78 is 26.2. The van der Waals surface area contributed by atoms with Crippen LogP contribution in [0.3, 0.4) is 0 Å². The zero-order chi connectivity index (χ0) is 15.5. The Morgan fingerprint density at radius 1 is 1.23 bits per heavy atom. The van der Waals surface area contributed by atoms with E-state index in [9.17, 15) is 13.2 Å². The number of anilines is 1. The van der Waals surface area contributed by atoms with Crippen LogP contribution in [0.25, 0.3) is 11.0 Å². The first kappa shape index (κ1) is 13.7. The van der Waals surface area contributed by atoms with Crippen molar-refractivity contribution in [2.75, 3.05) is 30.8 Å². The fourth-order valence-corrected chi connectivity index (χ4v) is 3.99. The summed E-state index contributed by atoms with van der Waals surface area (Å²) in [6.07, 6.45) is 1.17. The Morgan fingerprint density at radius 2 is 1.95 bits per heavy atom. The standard InChI is InChI=1S/C14H16N4O3S/c1-22(20,21)16-8-10(9-16)13(19)18-7-6-17-12-5-3-2-4-11(12)15-14(17)18/h2-5,10H,6-9H2,1H3. The number of sulfonamides is 1. The van der Waals surface area contributed by atoms with E-state index in [1.807, 2.05) is 28.8 Å². The van der Waals surface area contributed by atoms with Crippen molar-refractivity contribution in [1.82, 2.24) is 13.9 Å². The lowest BCUT2D eigenvalue weighted by molar-refractivity contribution is -0.125. The van der Waals surface area contributed by atoms with Crippen molar-refractivity contribution in [3.8, 4) is 0 Å². The maximum absolute atomic E-state index is 12.6. The van der Waals surface area contributed by atoms with Crippen molar-refractivity contribution in [2.45, 2.75) is 6.54 Å². The Bertz CT molecular complexity index is 867. The molecule has 1 amide bonds. The van der Waals surface area contributed by atoms with Crippen LogP contribution in [0.5, 0.6) is 0 Å². The van der Waals surface area contributed by atoms with Crippen LogP contribution >= 0.6 is 0 Å². The van der Waals surface area contributed by atoms with E-state index in [1.54, 1.807) is 4.90 Å². The molecule has 1 saturated heterocycles. The van der Waals surface area contributed by atoms with Crippen molar-refractivity contribution in [3.05, 3.63) is 24.3 Å². The maximum Gasteiger partial charge on any atom is 0.235 e. The van der Waals surface area contributed by atoms with Crippen LogP contribution in [-0.4, -0.2) is 54.1 Å². The molecule has 4 rings (SSSR count). The number of nitrogens with zero attached hydrogens (tertiary/aromatic N) is 4. The Balaban J connectivity index is 1.58. The van der Waals surface area contributed by atoms with Crippen molar-refractivity contribution in [1.29, 1.82) is 0 Å². The topological polar surface area (TPSA) is 75.5 Å². The van der Waals surface area contributed by atoms with Crippen LogP contribution in [0.1, 0.15) is 0 Å². The van der Waals surface area contributed by atoms with Gasteiger partial charge in [-0.3, -0.25) is 9.69 Å². The summed E-state index contributed by atoms with van der Waals surface area (Å²) in [4.78, 5) is 18.8. The number of rotatable bonds is 2. The largest absolute Gasteiger partial charge is 0.308 e. The number of fused-ring (bicyclic) bond motifs is 3. The van der Waals surface area contributed by atoms with Crippen molar-refractivity contribution in [3.63, 3.8) is 0 Å². The lowest BCUT2D eigenvalue weighted by atomic mass is 10.0. The predicted molar refractivity (Wildman–Crippen MR) is 82.0 cm³/mol. The molecule has 0 bridgehead atoms. The minimum atomic E-state index is -3.20. The molecule has 22 heavy (non-hydrogen) atoms. The number of carbonyl (C=O) groups excluding carboxylic acids is 1. The second kappa shape index (κ2) is 4.53.